The van der Waals surface area contributed by atoms with E-state index >= 15 is 0 Å². The van der Waals surface area contributed by atoms with E-state index in [0.29, 0.717) is 25.2 Å². The fraction of sp³-hybridized carbons (Fsp3) is 0.750. The van der Waals surface area contributed by atoms with E-state index < -0.39 is 41.4 Å². The van der Waals surface area contributed by atoms with Gasteiger partial charge in [0.2, 0.25) is 0 Å². The molecule has 120 valence electrons. The van der Waals surface area contributed by atoms with Gasteiger partial charge in [0.1, 0.15) is 11.3 Å². The summed E-state index contributed by atoms with van der Waals surface area (Å²) in [5.74, 6) is -2.70. The van der Waals surface area contributed by atoms with E-state index in [9.17, 15) is 24.9 Å². The Balaban J connectivity index is 3.15. The second-order valence-electron chi connectivity index (χ2n) is 6.37. The molecule has 0 bridgehead atoms. The normalized spacial score (nSPS) is 27.6. The Hall–Kier alpha value is -1.20. The van der Waals surface area contributed by atoms with E-state index in [1.165, 1.54) is 0 Å². The van der Waals surface area contributed by atoms with Crippen LogP contribution in [0.3, 0.4) is 0 Å². The summed E-state index contributed by atoms with van der Waals surface area (Å²) in [6.07, 6.45) is 1.53. The second-order valence-corrected chi connectivity index (χ2v) is 6.37. The van der Waals surface area contributed by atoms with Crippen LogP contribution in [0.15, 0.2) is 11.3 Å². The van der Waals surface area contributed by atoms with Crippen molar-refractivity contribution in [1.29, 1.82) is 0 Å². The number of hydrogen-bond donors (Lipinski definition) is 3. The Morgan fingerprint density at radius 2 is 1.90 bits per heavy atom. The van der Waals surface area contributed by atoms with E-state index in [0.717, 1.165) is 0 Å². The van der Waals surface area contributed by atoms with Gasteiger partial charge in [0.15, 0.2) is 17.2 Å². The number of carbonyl (C=O) groups is 2. The van der Waals surface area contributed by atoms with Crippen LogP contribution in [0.5, 0.6) is 0 Å². The standard InChI is InChI=1S/C16H26O5/c1-5-10(4)13(18)12-14(19)11(7-6-9(2)3)16(21,8-17)15(12)20/h9-11,17,20-21H,5-8H2,1-4H3/t10?,11?,16-/m0/s1. The lowest BCUT2D eigenvalue weighted by Gasteiger charge is -2.27. The first-order valence-electron chi connectivity index (χ1n) is 7.56. The predicted molar refractivity (Wildman–Crippen MR) is 78.7 cm³/mol. The van der Waals surface area contributed by atoms with Gasteiger partial charge in [-0.3, -0.25) is 9.59 Å². The lowest BCUT2D eigenvalue weighted by atomic mass is 9.83. The Morgan fingerprint density at radius 1 is 1.33 bits per heavy atom. The highest BCUT2D eigenvalue weighted by molar-refractivity contribution is 6.24. The van der Waals surface area contributed by atoms with Gasteiger partial charge in [0, 0.05) is 5.92 Å². The van der Waals surface area contributed by atoms with Gasteiger partial charge in [-0.2, -0.15) is 0 Å². The van der Waals surface area contributed by atoms with E-state index in [4.69, 9.17) is 0 Å². The summed E-state index contributed by atoms with van der Waals surface area (Å²) < 4.78 is 0. The molecular weight excluding hydrogens is 272 g/mol. The van der Waals surface area contributed by atoms with Crippen molar-refractivity contribution in [2.45, 2.75) is 52.6 Å². The van der Waals surface area contributed by atoms with Crippen molar-refractivity contribution in [3.63, 3.8) is 0 Å². The monoisotopic (exact) mass is 298 g/mol. The molecule has 1 aliphatic rings. The SMILES string of the molecule is CCC(C)C(=O)C1=C(O)[C@](O)(CO)C(CCC(C)C)C1=O. The predicted octanol–water partition coefficient (Wildman–Crippen LogP) is 1.77. The van der Waals surface area contributed by atoms with Gasteiger partial charge < -0.3 is 15.3 Å². The Labute approximate surface area is 125 Å². The molecule has 0 aromatic carbocycles. The summed E-state index contributed by atoms with van der Waals surface area (Å²) in [5.41, 5.74) is -2.35. The zero-order valence-electron chi connectivity index (χ0n) is 13.2. The summed E-state index contributed by atoms with van der Waals surface area (Å²) >= 11 is 0. The number of hydrogen-bond acceptors (Lipinski definition) is 5. The molecule has 5 heteroatoms. The van der Waals surface area contributed by atoms with Gasteiger partial charge in [0.05, 0.1) is 12.5 Å². The topological polar surface area (TPSA) is 94.8 Å². The molecule has 0 fully saturated rings. The van der Waals surface area contributed by atoms with Crippen LogP contribution in [0.2, 0.25) is 0 Å². The molecule has 0 amide bonds. The van der Waals surface area contributed by atoms with Crippen LogP contribution in [0.1, 0.15) is 47.0 Å². The smallest absolute Gasteiger partial charge is 0.176 e. The summed E-state index contributed by atoms with van der Waals surface area (Å²) in [6.45, 7) is 6.68. The molecule has 1 rings (SSSR count). The average Bonchev–Trinajstić information content (AvgIpc) is 2.63. The largest absolute Gasteiger partial charge is 0.508 e. The van der Waals surface area contributed by atoms with Crippen LogP contribution < -0.4 is 0 Å². The van der Waals surface area contributed by atoms with Crippen molar-refractivity contribution in [1.82, 2.24) is 0 Å². The molecule has 0 aromatic heterocycles. The van der Waals surface area contributed by atoms with Crippen molar-refractivity contribution in [2.75, 3.05) is 6.61 Å². The van der Waals surface area contributed by atoms with Gasteiger partial charge in [-0.25, -0.2) is 0 Å². The summed E-state index contributed by atoms with van der Waals surface area (Å²) in [6, 6.07) is 0. The number of ketones is 2. The van der Waals surface area contributed by atoms with Crippen LogP contribution in [-0.4, -0.2) is 39.1 Å². The number of carbonyl (C=O) groups excluding carboxylic acids is 2. The maximum absolute atomic E-state index is 12.5. The zero-order chi connectivity index (χ0) is 16.4. The number of Topliss-reactive ketones (excluding diaryl/α,β-unsaturated/α-hetero) is 2. The molecule has 3 atom stereocenters. The minimum Gasteiger partial charge on any atom is -0.508 e. The molecule has 0 aliphatic heterocycles. The maximum atomic E-state index is 12.5. The molecule has 21 heavy (non-hydrogen) atoms. The number of rotatable bonds is 7. The first-order chi connectivity index (χ1) is 9.70. The van der Waals surface area contributed by atoms with Crippen molar-refractivity contribution in [3.8, 4) is 0 Å². The van der Waals surface area contributed by atoms with Gasteiger partial charge in [0.25, 0.3) is 0 Å². The molecule has 0 radical (unpaired) electrons. The maximum Gasteiger partial charge on any atom is 0.176 e. The molecule has 0 saturated heterocycles. The average molecular weight is 298 g/mol. The minimum absolute atomic E-state index is 0.317. The minimum atomic E-state index is -2.02. The fourth-order valence-corrected chi connectivity index (χ4v) is 2.61. The molecule has 3 N–H and O–H groups in total. The van der Waals surface area contributed by atoms with Crippen molar-refractivity contribution in [3.05, 3.63) is 11.3 Å². The van der Waals surface area contributed by atoms with Gasteiger partial charge in [-0.05, 0) is 18.8 Å². The highest BCUT2D eigenvalue weighted by Gasteiger charge is 2.54. The Bertz CT molecular complexity index is 452. The molecule has 0 spiro atoms. The lowest BCUT2D eigenvalue weighted by molar-refractivity contribution is -0.129. The van der Waals surface area contributed by atoms with Crippen molar-refractivity contribution in [2.24, 2.45) is 17.8 Å². The van der Waals surface area contributed by atoms with Gasteiger partial charge >= 0.3 is 0 Å². The van der Waals surface area contributed by atoms with E-state index in [-0.39, 0.29) is 5.57 Å². The third-order valence-corrected chi connectivity index (χ3v) is 4.37. The molecular formula is C16H26O5. The number of aliphatic hydroxyl groups is 3. The van der Waals surface area contributed by atoms with Gasteiger partial charge in [-0.15, -0.1) is 0 Å². The van der Waals surface area contributed by atoms with Crippen LogP contribution >= 0.6 is 0 Å². The first-order valence-corrected chi connectivity index (χ1v) is 7.56. The number of aliphatic hydroxyl groups excluding tert-OH is 2. The number of allylic oxidation sites excluding steroid dienone is 1. The van der Waals surface area contributed by atoms with E-state index in [1.54, 1.807) is 6.92 Å². The van der Waals surface area contributed by atoms with Crippen LogP contribution in [-0.2, 0) is 9.59 Å². The van der Waals surface area contributed by atoms with E-state index in [1.807, 2.05) is 20.8 Å². The van der Waals surface area contributed by atoms with E-state index in [2.05, 4.69) is 0 Å². The van der Waals surface area contributed by atoms with Gasteiger partial charge in [-0.1, -0.05) is 34.1 Å². The summed E-state index contributed by atoms with van der Waals surface area (Å²) in [5, 5.41) is 30.0. The highest BCUT2D eigenvalue weighted by atomic mass is 16.4. The molecule has 2 unspecified atom stereocenters. The lowest BCUT2D eigenvalue weighted by Crippen LogP contribution is -2.42. The third-order valence-electron chi connectivity index (χ3n) is 4.37. The molecule has 0 aromatic rings. The fourth-order valence-electron chi connectivity index (χ4n) is 2.61. The summed E-state index contributed by atoms with van der Waals surface area (Å²) in [7, 11) is 0. The quantitative estimate of drug-likeness (QED) is 0.623. The van der Waals surface area contributed by atoms with Crippen LogP contribution in [0.4, 0.5) is 0 Å². The van der Waals surface area contributed by atoms with Crippen LogP contribution in [0.25, 0.3) is 0 Å². The highest BCUT2D eigenvalue weighted by Crippen LogP contribution is 2.40. The first kappa shape index (κ1) is 17.9. The molecule has 0 saturated carbocycles. The molecule has 1 aliphatic carbocycles. The van der Waals surface area contributed by atoms with Crippen LogP contribution in [0, 0.1) is 17.8 Å². The summed E-state index contributed by atoms with van der Waals surface area (Å²) in [4.78, 5) is 24.7. The third kappa shape index (κ3) is 3.19. The van der Waals surface area contributed by atoms with Crippen molar-refractivity contribution < 1.29 is 24.9 Å². The molecule has 0 heterocycles. The molecule has 5 nitrogen and oxygen atoms in total. The second kappa shape index (κ2) is 6.71. The van der Waals surface area contributed by atoms with Crippen molar-refractivity contribution >= 4 is 11.6 Å². The zero-order valence-corrected chi connectivity index (χ0v) is 13.2. The Morgan fingerprint density at radius 3 is 2.33 bits per heavy atom. The Kier molecular flexibility index (Phi) is 5.70.